The SMILES string of the molecule is CC(C(=O)O)C(NC(=O)CC1C=CCC1)c1ccccc1. The van der Waals surface area contributed by atoms with Crippen LogP contribution in [0.1, 0.15) is 37.8 Å². The standard InChI is InChI=1S/C17H21NO3/c1-12(17(20)21)16(14-9-3-2-4-10-14)18-15(19)11-13-7-5-6-8-13/h2-5,7,9-10,12-13,16H,6,8,11H2,1H3,(H,18,19)(H,20,21). The first-order valence-corrected chi connectivity index (χ1v) is 7.31. The molecule has 0 bridgehead atoms. The largest absolute Gasteiger partial charge is 0.481 e. The maximum atomic E-state index is 12.2. The second kappa shape index (κ2) is 7.07. The average molecular weight is 287 g/mol. The third kappa shape index (κ3) is 4.18. The van der Waals surface area contributed by atoms with Crippen molar-refractivity contribution in [3.05, 3.63) is 48.0 Å². The average Bonchev–Trinajstić information content (AvgIpc) is 2.97. The van der Waals surface area contributed by atoms with Crippen LogP contribution in [0.4, 0.5) is 0 Å². The highest BCUT2D eigenvalue weighted by Crippen LogP contribution is 2.24. The Labute approximate surface area is 124 Å². The molecule has 1 aliphatic rings. The molecule has 3 atom stereocenters. The van der Waals surface area contributed by atoms with Gasteiger partial charge in [0, 0.05) is 6.42 Å². The molecule has 1 aromatic carbocycles. The van der Waals surface area contributed by atoms with Crippen molar-refractivity contribution in [3.63, 3.8) is 0 Å². The summed E-state index contributed by atoms with van der Waals surface area (Å²) in [6.45, 7) is 1.62. The van der Waals surface area contributed by atoms with Crippen LogP contribution in [-0.2, 0) is 9.59 Å². The van der Waals surface area contributed by atoms with E-state index in [-0.39, 0.29) is 11.8 Å². The van der Waals surface area contributed by atoms with Gasteiger partial charge in [-0.3, -0.25) is 9.59 Å². The van der Waals surface area contributed by atoms with Gasteiger partial charge in [-0.2, -0.15) is 0 Å². The predicted molar refractivity (Wildman–Crippen MR) is 80.6 cm³/mol. The van der Waals surface area contributed by atoms with Crippen LogP contribution in [0.5, 0.6) is 0 Å². The molecule has 0 aliphatic heterocycles. The summed E-state index contributed by atoms with van der Waals surface area (Å²) < 4.78 is 0. The van der Waals surface area contributed by atoms with E-state index in [1.807, 2.05) is 30.3 Å². The van der Waals surface area contributed by atoms with Crippen LogP contribution in [-0.4, -0.2) is 17.0 Å². The molecular weight excluding hydrogens is 266 g/mol. The second-order valence-electron chi connectivity index (χ2n) is 5.55. The fourth-order valence-corrected chi connectivity index (χ4v) is 2.64. The van der Waals surface area contributed by atoms with Gasteiger partial charge in [-0.25, -0.2) is 0 Å². The molecule has 0 fully saturated rings. The second-order valence-corrected chi connectivity index (χ2v) is 5.55. The summed E-state index contributed by atoms with van der Waals surface area (Å²) in [5.74, 6) is -1.39. The molecule has 0 saturated carbocycles. The summed E-state index contributed by atoms with van der Waals surface area (Å²) in [4.78, 5) is 23.4. The number of carboxylic acid groups (broad SMARTS) is 1. The first-order valence-electron chi connectivity index (χ1n) is 7.31. The van der Waals surface area contributed by atoms with Gasteiger partial charge in [-0.15, -0.1) is 0 Å². The number of nitrogens with one attached hydrogen (secondary N) is 1. The minimum absolute atomic E-state index is 0.0893. The zero-order valence-corrected chi connectivity index (χ0v) is 12.2. The van der Waals surface area contributed by atoms with Crippen molar-refractivity contribution in [2.45, 2.75) is 32.2 Å². The van der Waals surface area contributed by atoms with Gasteiger partial charge in [0.2, 0.25) is 5.91 Å². The van der Waals surface area contributed by atoms with E-state index in [9.17, 15) is 14.7 Å². The van der Waals surface area contributed by atoms with Crippen LogP contribution in [0.2, 0.25) is 0 Å². The number of rotatable bonds is 6. The molecule has 4 heteroatoms. The maximum Gasteiger partial charge on any atom is 0.308 e. The lowest BCUT2D eigenvalue weighted by Crippen LogP contribution is -2.36. The highest BCUT2D eigenvalue weighted by molar-refractivity contribution is 5.78. The Hall–Kier alpha value is -2.10. The zero-order valence-electron chi connectivity index (χ0n) is 12.2. The van der Waals surface area contributed by atoms with E-state index in [0.717, 1.165) is 18.4 Å². The number of benzene rings is 1. The molecule has 0 heterocycles. The van der Waals surface area contributed by atoms with E-state index in [2.05, 4.69) is 17.5 Å². The van der Waals surface area contributed by atoms with Crippen LogP contribution < -0.4 is 5.32 Å². The monoisotopic (exact) mass is 287 g/mol. The fourth-order valence-electron chi connectivity index (χ4n) is 2.64. The predicted octanol–water partition coefficient (Wildman–Crippen LogP) is 2.92. The first-order chi connectivity index (χ1) is 10.1. The molecule has 0 spiro atoms. The fraction of sp³-hybridized carbons (Fsp3) is 0.412. The van der Waals surface area contributed by atoms with Gasteiger partial charge in [-0.1, -0.05) is 42.5 Å². The number of hydrogen-bond donors (Lipinski definition) is 2. The van der Waals surface area contributed by atoms with E-state index in [1.54, 1.807) is 6.92 Å². The number of allylic oxidation sites excluding steroid dienone is 2. The van der Waals surface area contributed by atoms with Crippen LogP contribution >= 0.6 is 0 Å². The minimum atomic E-state index is -0.912. The molecule has 4 nitrogen and oxygen atoms in total. The Bertz CT molecular complexity index is 524. The highest BCUT2D eigenvalue weighted by Gasteiger charge is 2.27. The zero-order chi connectivity index (χ0) is 15.2. The highest BCUT2D eigenvalue weighted by atomic mass is 16.4. The van der Waals surface area contributed by atoms with Gasteiger partial charge in [0.1, 0.15) is 0 Å². The van der Waals surface area contributed by atoms with E-state index >= 15 is 0 Å². The molecule has 21 heavy (non-hydrogen) atoms. The van der Waals surface area contributed by atoms with Crippen molar-refractivity contribution >= 4 is 11.9 Å². The van der Waals surface area contributed by atoms with E-state index in [1.165, 1.54) is 0 Å². The van der Waals surface area contributed by atoms with Gasteiger partial charge in [0.15, 0.2) is 0 Å². The lowest BCUT2D eigenvalue weighted by molar-refractivity contribution is -0.142. The number of carbonyl (C=O) groups is 2. The molecule has 3 unspecified atom stereocenters. The van der Waals surface area contributed by atoms with Crippen molar-refractivity contribution in [3.8, 4) is 0 Å². The van der Waals surface area contributed by atoms with Crippen molar-refractivity contribution in [2.75, 3.05) is 0 Å². The molecule has 0 aromatic heterocycles. The van der Waals surface area contributed by atoms with Crippen LogP contribution in [0.3, 0.4) is 0 Å². The molecule has 1 aromatic rings. The number of amides is 1. The maximum absolute atomic E-state index is 12.2. The quantitative estimate of drug-likeness (QED) is 0.791. The Kier molecular flexibility index (Phi) is 5.14. The van der Waals surface area contributed by atoms with E-state index in [4.69, 9.17) is 0 Å². The third-order valence-corrected chi connectivity index (χ3v) is 3.92. The van der Waals surface area contributed by atoms with Crippen LogP contribution in [0.15, 0.2) is 42.5 Å². The topological polar surface area (TPSA) is 66.4 Å². The Balaban J connectivity index is 2.06. The number of carbonyl (C=O) groups excluding carboxylic acids is 1. The molecule has 112 valence electrons. The third-order valence-electron chi connectivity index (χ3n) is 3.92. The van der Waals surface area contributed by atoms with E-state index in [0.29, 0.717) is 6.42 Å². The van der Waals surface area contributed by atoms with Gasteiger partial charge in [0.25, 0.3) is 0 Å². The van der Waals surface area contributed by atoms with Crippen molar-refractivity contribution in [1.82, 2.24) is 5.32 Å². The minimum Gasteiger partial charge on any atom is -0.481 e. The van der Waals surface area contributed by atoms with E-state index < -0.39 is 17.9 Å². The summed E-state index contributed by atoms with van der Waals surface area (Å²) in [5.41, 5.74) is 0.822. The summed E-state index contributed by atoms with van der Waals surface area (Å²) in [6.07, 6.45) is 6.60. The Morgan fingerprint density at radius 2 is 2.05 bits per heavy atom. The lowest BCUT2D eigenvalue weighted by atomic mass is 9.94. The van der Waals surface area contributed by atoms with Gasteiger partial charge >= 0.3 is 5.97 Å². The Morgan fingerprint density at radius 1 is 1.33 bits per heavy atom. The molecule has 0 radical (unpaired) electrons. The Morgan fingerprint density at radius 3 is 2.62 bits per heavy atom. The summed E-state index contributed by atoms with van der Waals surface area (Å²) in [7, 11) is 0. The molecule has 1 aliphatic carbocycles. The lowest BCUT2D eigenvalue weighted by Gasteiger charge is -2.23. The number of hydrogen-bond acceptors (Lipinski definition) is 2. The molecular formula is C17H21NO3. The summed E-state index contributed by atoms with van der Waals surface area (Å²) in [5, 5.41) is 12.1. The number of carboxylic acids is 1. The van der Waals surface area contributed by atoms with Gasteiger partial charge in [0.05, 0.1) is 12.0 Å². The molecule has 1 amide bonds. The van der Waals surface area contributed by atoms with Crippen LogP contribution in [0.25, 0.3) is 0 Å². The molecule has 2 rings (SSSR count). The van der Waals surface area contributed by atoms with Crippen molar-refractivity contribution in [1.29, 1.82) is 0 Å². The normalized spacial score (nSPS) is 20.0. The van der Waals surface area contributed by atoms with Gasteiger partial charge < -0.3 is 10.4 Å². The first kappa shape index (κ1) is 15.3. The van der Waals surface area contributed by atoms with Crippen molar-refractivity contribution in [2.24, 2.45) is 11.8 Å². The summed E-state index contributed by atoms with van der Waals surface area (Å²) >= 11 is 0. The number of aliphatic carboxylic acids is 1. The van der Waals surface area contributed by atoms with Gasteiger partial charge in [-0.05, 0) is 31.2 Å². The molecule has 2 N–H and O–H groups in total. The van der Waals surface area contributed by atoms with Crippen LogP contribution in [0, 0.1) is 11.8 Å². The molecule has 0 saturated heterocycles. The smallest absolute Gasteiger partial charge is 0.308 e. The van der Waals surface area contributed by atoms with Crippen molar-refractivity contribution < 1.29 is 14.7 Å². The summed E-state index contributed by atoms with van der Waals surface area (Å²) in [6, 6.07) is 8.77.